The summed E-state index contributed by atoms with van der Waals surface area (Å²) in [6.07, 6.45) is 11.6. The fourth-order valence-electron chi connectivity index (χ4n) is 7.95. The van der Waals surface area contributed by atoms with E-state index in [1.165, 1.54) is 38.5 Å². The van der Waals surface area contributed by atoms with Crippen molar-refractivity contribution >= 4 is 33.5 Å². The van der Waals surface area contributed by atoms with E-state index in [0.717, 1.165) is 51.1 Å². The summed E-state index contributed by atoms with van der Waals surface area (Å²) in [4.78, 5) is 50.7. The van der Waals surface area contributed by atoms with Crippen LogP contribution in [0.25, 0.3) is 11.4 Å². The van der Waals surface area contributed by atoms with Gasteiger partial charge in [-0.2, -0.15) is 8.42 Å². The third kappa shape index (κ3) is 11.1. The van der Waals surface area contributed by atoms with Gasteiger partial charge in [-0.3, -0.25) is 43.2 Å². The first-order valence-electron chi connectivity index (χ1n) is 21.8. The van der Waals surface area contributed by atoms with Crippen LogP contribution in [0, 0.1) is 46.3 Å². The molecule has 3 aromatic carbocycles. The van der Waals surface area contributed by atoms with Gasteiger partial charge in [0.15, 0.2) is 0 Å². The van der Waals surface area contributed by atoms with E-state index in [9.17, 15) is 26.8 Å². The zero-order chi connectivity index (χ0) is 49.6. The van der Waals surface area contributed by atoms with E-state index >= 15 is 0 Å². The van der Waals surface area contributed by atoms with Crippen LogP contribution in [0.4, 0.5) is 8.78 Å². The minimum Gasteiger partial charge on any atom is -0.469 e. The molecule has 4 aromatic heterocycles. The van der Waals surface area contributed by atoms with Crippen LogP contribution in [-0.4, -0.2) is 79.6 Å². The molecule has 6 heterocycles. The zero-order valence-corrected chi connectivity index (χ0v) is 39.8. The molecule has 18 heteroatoms. The lowest BCUT2D eigenvalue weighted by atomic mass is 9.99. The van der Waals surface area contributed by atoms with E-state index in [1.807, 2.05) is 66.3 Å². The number of benzene rings is 3. The van der Waals surface area contributed by atoms with Gasteiger partial charge in [-0.15, -0.1) is 0 Å². The van der Waals surface area contributed by atoms with Crippen LogP contribution in [0.15, 0.2) is 125 Å². The summed E-state index contributed by atoms with van der Waals surface area (Å²) in [5, 5.41) is 0. The molecule has 356 valence electrons. The number of esters is 2. The van der Waals surface area contributed by atoms with E-state index in [1.54, 1.807) is 63.2 Å². The standard InChI is InChI=1S/2C22H21FN4O2.C7H8O3S/c2*1-13-10-19-16(11-17(13)23)21(15-6-8-24-9-7-15)26-18(4-5-20(28)29-3)22-25-12-14(2)27(19)22;1-6-2-4-7(5-3-6)11(8,9)10/h2*6-12,18H,4-5H2,1-3H3;2-5H,1H3,(H,8,9,10)/t2*18-;/m00./s1. The Hall–Kier alpha value is -7.57. The molecule has 9 rings (SSSR count). The molecule has 7 aromatic rings. The summed E-state index contributed by atoms with van der Waals surface area (Å²) in [7, 11) is -1.28. The van der Waals surface area contributed by atoms with Crippen molar-refractivity contribution in [2.45, 2.75) is 77.3 Å². The Bertz CT molecular complexity index is 3020. The molecule has 1 N–H and O–H groups in total. The van der Waals surface area contributed by atoms with Gasteiger partial charge < -0.3 is 9.47 Å². The number of fused-ring (bicyclic) bond motifs is 6. The maximum Gasteiger partial charge on any atom is 0.305 e. The summed E-state index contributed by atoms with van der Waals surface area (Å²) in [5.41, 5.74) is 9.86. The monoisotopic (exact) mass is 956 g/mol. The van der Waals surface area contributed by atoms with Crippen LogP contribution < -0.4 is 0 Å². The predicted octanol–water partition coefficient (Wildman–Crippen LogP) is 8.98. The number of nitrogens with zero attached hydrogens (tertiary/aromatic N) is 8. The minimum absolute atomic E-state index is 0.0666. The van der Waals surface area contributed by atoms with Gasteiger partial charge in [0.1, 0.15) is 35.4 Å². The summed E-state index contributed by atoms with van der Waals surface area (Å²) in [5.74, 6) is 0.259. The number of hydrogen-bond donors (Lipinski definition) is 1. The van der Waals surface area contributed by atoms with E-state index in [-0.39, 0.29) is 53.4 Å². The molecule has 2 aliphatic rings. The minimum atomic E-state index is -4.02. The molecule has 2 atom stereocenters. The molecule has 0 radical (unpaired) electrons. The van der Waals surface area contributed by atoms with E-state index in [2.05, 4.69) is 19.9 Å². The largest absolute Gasteiger partial charge is 0.469 e. The number of methoxy groups -OCH3 is 2. The highest BCUT2D eigenvalue weighted by Gasteiger charge is 2.30. The molecule has 0 spiro atoms. The zero-order valence-electron chi connectivity index (χ0n) is 39.0. The highest BCUT2D eigenvalue weighted by atomic mass is 32.2. The molecule has 69 heavy (non-hydrogen) atoms. The van der Waals surface area contributed by atoms with Gasteiger partial charge in [0.25, 0.3) is 10.1 Å². The molecular formula is C51H50F2N8O7S. The molecular weight excluding hydrogens is 907 g/mol. The fourth-order valence-corrected chi connectivity index (χ4v) is 8.43. The van der Waals surface area contributed by atoms with Gasteiger partial charge in [0.05, 0.1) is 41.9 Å². The number of imidazole rings is 2. The Labute approximate surface area is 398 Å². The number of carbonyl (C=O) groups is 2. The number of rotatable bonds is 9. The first-order valence-corrected chi connectivity index (χ1v) is 23.3. The number of hydrogen-bond acceptors (Lipinski definition) is 12. The number of pyridine rings is 2. The van der Waals surface area contributed by atoms with Crippen LogP contribution in [0.1, 0.15) is 99.7 Å². The first kappa shape index (κ1) is 49.3. The highest BCUT2D eigenvalue weighted by molar-refractivity contribution is 7.85. The summed E-state index contributed by atoms with van der Waals surface area (Å²) >= 11 is 0. The van der Waals surface area contributed by atoms with Crippen LogP contribution in [0.2, 0.25) is 0 Å². The number of halogens is 2. The van der Waals surface area contributed by atoms with E-state index in [0.29, 0.717) is 46.5 Å². The average molecular weight is 957 g/mol. The Morgan fingerprint density at radius 2 is 1.01 bits per heavy atom. The SMILES string of the molecule is COC(=O)CC[C@@H]1N=C(c2ccncc2)c2cc(F)c(C)cc2-n2c(C)cnc21.COC(=O)CC[C@@H]1N=C(c2ccncc2)c2cc(F)c(C)cc2-n2c(C)cnc21.Cc1ccc(S(=O)(=O)O)cc1. The fraction of sp³-hybridized carbons (Fsp3) is 0.255. The molecule has 15 nitrogen and oxygen atoms in total. The molecule has 0 bridgehead atoms. The lowest BCUT2D eigenvalue weighted by Gasteiger charge is -2.15. The number of carbonyl (C=O) groups excluding carboxylic acids is 2. The van der Waals surface area contributed by atoms with Gasteiger partial charge in [0.2, 0.25) is 0 Å². The van der Waals surface area contributed by atoms with Crippen LogP contribution in [0.3, 0.4) is 0 Å². The Morgan fingerprint density at radius 3 is 1.38 bits per heavy atom. The normalized spacial score (nSPS) is 14.6. The smallest absolute Gasteiger partial charge is 0.305 e. The van der Waals surface area contributed by atoms with E-state index in [4.69, 9.17) is 24.0 Å². The maximum atomic E-state index is 14.6. The van der Waals surface area contributed by atoms with Gasteiger partial charge in [-0.1, -0.05) is 17.7 Å². The number of aryl methyl sites for hydroxylation is 5. The van der Waals surface area contributed by atoms with Crippen molar-refractivity contribution in [1.29, 1.82) is 0 Å². The van der Waals surface area contributed by atoms with Gasteiger partial charge in [-0.25, -0.2) is 18.7 Å². The van der Waals surface area contributed by atoms with Gasteiger partial charge in [0, 0.05) is 83.7 Å². The average Bonchev–Trinajstić information content (AvgIpc) is 3.85. The number of ether oxygens (including phenoxy) is 2. The Kier molecular flexibility index (Phi) is 15.1. The van der Waals surface area contributed by atoms with Crippen molar-refractivity contribution in [3.8, 4) is 11.4 Å². The van der Waals surface area contributed by atoms with Crippen LogP contribution >= 0.6 is 0 Å². The topological polar surface area (TPSA) is 193 Å². The van der Waals surface area contributed by atoms with Crippen LogP contribution in [0.5, 0.6) is 0 Å². The number of aromatic nitrogens is 6. The van der Waals surface area contributed by atoms with Crippen molar-refractivity contribution in [3.05, 3.63) is 184 Å². The molecule has 0 aliphatic carbocycles. The van der Waals surface area contributed by atoms with Crippen molar-refractivity contribution in [2.75, 3.05) is 14.2 Å². The molecule has 0 fully saturated rings. The predicted molar refractivity (Wildman–Crippen MR) is 255 cm³/mol. The lowest BCUT2D eigenvalue weighted by Crippen LogP contribution is -2.10. The Morgan fingerprint density at radius 1 is 0.623 bits per heavy atom. The third-order valence-corrected chi connectivity index (χ3v) is 12.4. The molecule has 2 aliphatic heterocycles. The van der Waals surface area contributed by atoms with Crippen molar-refractivity contribution in [2.24, 2.45) is 9.98 Å². The second-order valence-corrected chi connectivity index (χ2v) is 17.8. The maximum absolute atomic E-state index is 14.6. The van der Waals surface area contributed by atoms with Crippen molar-refractivity contribution in [3.63, 3.8) is 0 Å². The first-order chi connectivity index (χ1) is 33.0. The molecule has 0 unspecified atom stereocenters. The highest BCUT2D eigenvalue weighted by Crippen LogP contribution is 2.37. The summed E-state index contributed by atoms with van der Waals surface area (Å²) in [6.45, 7) is 9.23. The molecule has 0 saturated heterocycles. The lowest BCUT2D eigenvalue weighted by molar-refractivity contribution is -0.141. The molecule has 0 amide bonds. The second kappa shape index (κ2) is 21.2. The van der Waals surface area contributed by atoms with E-state index < -0.39 is 10.1 Å². The third-order valence-electron chi connectivity index (χ3n) is 11.6. The Balaban J connectivity index is 0.000000168. The van der Waals surface area contributed by atoms with Gasteiger partial charge in [-0.05, 0) is 119 Å². The van der Waals surface area contributed by atoms with Gasteiger partial charge >= 0.3 is 11.9 Å². The van der Waals surface area contributed by atoms with Crippen molar-refractivity contribution < 1.29 is 40.8 Å². The van der Waals surface area contributed by atoms with Crippen LogP contribution in [-0.2, 0) is 29.2 Å². The summed E-state index contributed by atoms with van der Waals surface area (Å²) < 4.78 is 72.3. The molecule has 0 saturated carbocycles. The van der Waals surface area contributed by atoms with Crippen molar-refractivity contribution in [1.82, 2.24) is 29.1 Å². The summed E-state index contributed by atoms with van der Waals surface area (Å²) in [6, 6.07) is 19.3. The quantitative estimate of drug-likeness (QED) is 0.107. The second-order valence-electron chi connectivity index (χ2n) is 16.4. The number of aliphatic imine (C=N–C) groups is 2.